The molecule has 0 saturated heterocycles. The van der Waals surface area contributed by atoms with E-state index in [1.165, 1.54) is 28.7 Å². The third kappa shape index (κ3) is 4.28. The number of hydrogen-bond acceptors (Lipinski definition) is 6. The summed E-state index contributed by atoms with van der Waals surface area (Å²) >= 11 is 2.81. The molecule has 0 aliphatic heterocycles. The molecule has 1 N–H and O–H groups in total. The van der Waals surface area contributed by atoms with Gasteiger partial charge in [-0.3, -0.25) is 9.36 Å². The van der Waals surface area contributed by atoms with Crippen LogP contribution in [0.15, 0.2) is 84.0 Å². The maximum absolute atomic E-state index is 12.6. The van der Waals surface area contributed by atoms with Crippen molar-refractivity contribution in [3.05, 3.63) is 84.4 Å². The summed E-state index contributed by atoms with van der Waals surface area (Å²) in [5, 5.41) is 13.0. The highest BCUT2D eigenvalue weighted by molar-refractivity contribution is 7.99. The molecule has 1 amide bonds. The molecule has 5 aromatic rings. The monoisotopic (exact) mass is 457 g/mol. The third-order valence-electron chi connectivity index (χ3n) is 4.83. The number of thiazole rings is 1. The number of aryl methyl sites for hydroxylation is 1. The van der Waals surface area contributed by atoms with Gasteiger partial charge in [-0.2, -0.15) is 0 Å². The fourth-order valence-corrected chi connectivity index (χ4v) is 4.91. The summed E-state index contributed by atoms with van der Waals surface area (Å²) in [6, 6.07) is 25.9. The highest BCUT2D eigenvalue weighted by Crippen LogP contribution is 2.29. The SMILES string of the molecule is Cc1ccc(-c2nnc(SCC(=O)Nc3nc4ccccc4s3)n2-c2ccccc2)cc1. The van der Waals surface area contributed by atoms with Crippen molar-refractivity contribution in [2.45, 2.75) is 12.1 Å². The van der Waals surface area contributed by atoms with Gasteiger partial charge in [-0.25, -0.2) is 4.98 Å². The van der Waals surface area contributed by atoms with E-state index in [-0.39, 0.29) is 11.7 Å². The maximum Gasteiger partial charge on any atom is 0.236 e. The van der Waals surface area contributed by atoms with Crippen LogP contribution in [0, 0.1) is 6.92 Å². The van der Waals surface area contributed by atoms with Gasteiger partial charge in [-0.1, -0.05) is 83.3 Å². The molecule has 0 atom stereocenters. The van der Waals surface area contributed by atoms with Crippen molar-refractivity contribution in [3.63, 3.8) is 0 Å². The van der Waals surface area contributed by atoms with Crippen LogP contribution in [-0.4, -0.2) is 31.4 Å². The van der Waals surface area contributed by atoms with Gasteiger partial charge in [0.1, 0.15) is 0 Å². The number of para-hydroxylation sites is 2. The first-order chi connectivity index (χ1) is 15.7. The van der Waals surface area contributed by atoms with Crippen molar-refractivity contribution < 1.29 is 4.79 Å². The number of aromatic nitrogens is 4. The molecule has 2 heterocycles. The predicted octanol–water partition coefficient (Wildman–Crippen LogP) is 5.58. The predicted molar refractivity (Wildman–Crippen MR) is 131 cm³/mol. The number of carbonyl (C=O) groups is 1. The van der Waals surface area contributed by atoms with E-state index in [1.54, 1.807) is 0 Å². The Kier molecular flexibility index (Phi) is 5.70. The van der Waals surface area contributed by atoms with Crippen LogP contribution in [0.3, 0.4) is 0 Å². The lowest BCUT2D eigenvalue weighted by Gasteiger charge is -2.10. The Morgan fingerprint density at radius 2 is 1.72 bits per heavy atom. The van der Waals surface area contributed by atoms with Crippen molar-refractivity contribution >= 4 is 44.4 Å². The average Bonchev–Trinajstić information content (AvgIpc) is 3.42. The fraction of sp³-hybridized carbons (Fsp3) is 0.0833. The first-order valence-electron chi connectivity index (χ1n) is 10.0. The Hall–Kier alpha value is -3.49. The Balaban J connectivity index is 1.38. The Morgan fingerprint density at radius 1 is 0.969 bits per heavy atom. The topological polar surface area (TPSA) is 72.7 Å². The number of amides is 1. The summed E-state index contributed by atoms with van der Waals surface area (Å²) in [5.41, 5.74) is 3.98. The van der Waals surface area contributed by atoms with Crippen LogP contribution in [0.4, 0.5) is 5.13 Å². The van der Waals surface area contributed by atoms with Gasteiger partial charge in [0.2, 0.25) is 5.91 Å². The van der Waals surface area contributed by atoms with E-state index in [4.69, 9.17) is 0 Å². The average molecular weight is 458 g/mol. The first kappa shape index (κ1) is 20.4. The van der Waals surface area contributed by atoms with Crippen LogP contribution >= 0.6 is 23.1 Å². The summed E-state index contributed by atoms with van der Waals surface area (Å²) in [6.07, 6.45) is 0. The van der Waals surface area contributed by atoms with Gasteiger partial charge in [-0.05, 0) is 31.2 Å². The molecular weight excluding hydrogens is 438 g/mol. The van der Waals surface area contributed by atoms with E-state index in [0.717, 1.165) is 27.3 Å². The molecule has 0 fully saturated rings. The van der Waals surface area contributed by atoms with Crippen LogP contribution in [-0.2, 0) is 4.79 Å². The number of rotatable bonds is 6. The zero-order valence-electron chi connectivity index (χ0n) is 17.2. The maximum atomic E-state index is 12.6. The van der Waals surface area contributed by atoms with Gasteiger partial charge in [0.05, 0.1) is 16.0 Å². The van der Waals surface area contributed by atoms with E-state index in [0.29, 0.717) is 10.3 Å². The highest BCUT2D eigenvalue weighted by Gasteiger charge is 2.17. The number of nitrogens with zero attached hydrogens (tertiary/aromatic N) is 4. The lowest BCUT2D eigenvalue weighted by Crippen LogP contribution is -2.14. The minimum atomic E-state index is -0.131. The zero-order chi connectivity index (χ0) is 21.9. The minimum absolute atomic E-state index is 0.131. The van der Waals surface area contributed by atoms with Gasteiger partial charge in [0.15, 0.2) is 16.1 Å². The largest absolute Gasteiger partial charge is 0.301 e. The van der Waals surface area contributed by atoms with Crippen LogP contribution < -0.4 is 5.32 Å². The number of thioether (sulfide) groups is 1. The minimum Gasteiger partial charge on any atom is -0.301 e. The van der Waals surface area contributed by atoms with Crippen molar-refractivity contribution in [2.24, 2.45) is 0 Å². The third-order valence-corrected chi connectivity index (χ3v) is 6.71. The van der Waals surface area contributed by atoms with Crippen molar-refractivity contribution in [1.82, 2.24) is 19.7 Å². The standard InChI is InChI=1S/C24H19N5OS2/c1-16-11-13-17(14-12-16)22-27-28-24(29(22)18-7-3-2-4-8-18)31-15-21(30)26-23-25-19-9-5-6-10-20(19)32-23/h2-14H,15H2,1H3,(H,25,26,30). The first-order valence-corrected chi connectivity index (χ1v) is 11.8. The highest BCUT2D eigenvalue weighted by atomic mass is 32.2. The summed E-state index contributed by atoms with van der Waals surface area (Å²) in [6.45, 7) is 2.05. The molecule has 0 saturated carbocycles. The lowest BCUT2D eigenvalue weighted by atomic mass is 10.1. The molecule has 0 bridgehead atoms. The van der Waals surface area contributed by atoms with Crippen molar-refractivity contribution in [1.29, 1.82) is 0 Å². The van der Waals surface area contributed by atoms with Gasteiger partial charge in [-0.15, -0.1) is 10.2 Å². The normalized spacial score (nSPS) is 11.0. The van der Waals surface area contributed by atoms with E-state index >= 15 is 0 Å². The number of hydrogen-bond donors (Lipinski definition) is 1. The number of benzene rings is 3. The van der Waals surface area contributed by atoms with Crippen molar-refractivity contribution in [2.75, 3.05) is 11.1 Å². The molecule has 6 nitrogen and oxygen atoms in total. The number of carbonyl (C=O) groups excluding carboxylic acids is 1. The lowest BCUT2D eigenvalue weighted by molar-refractivity contribution is -0.113. The number of anilines is 1. The summed E-state index contributed by atoms with van der Waals surface area (Å²) in [4.78, 5) is 17.1. The van der Waals surface area contributed by atoms with E-state index in [1.807, 2.05) is 71.3 Å². The van der Waals surface area contributed by atoms with Crippen LogP contribution in [0.2, 0.25) is 0 Å². The summed E-state index contributed by atoms with van der Waals surface area (Å²) in [5.74, 6) is 0.813. The summed E-state index contributed by atoms with van der Waals surface area (Å²) < 4.78 is 3.03. The van der Waals surface area contributed by atoms with E-state index in [2.05, 4.69) is 39.6 Å². The second-order valence-corrected chi connectivity index (χ2v) is 9.14. The smallest absolute Gasteiger partial charge is 0.236 e. The van der Waals surface area contributed by atoms with Crippen LogP contribution in [0.5, 0.6) is 0 Å². The molecule has 0 radical (unpaired) electrons. The molecule has 32 heavy (non-hydrogen) atoms. The molecular formula is C24H19N5OS2. The number of nitrogens with one attached hydrogen (secondary N) is 1. The second-order valence-electron chi connectivity index (χ2n) is 7.17. The Labute approximate surface area is 193 Å². The van der Waals surface area contributed by atoms with E-state index < -0.39 is 0 Å². The van der Waals surface area contributed by atoms with Gasteiger partial charge < -0.3 is 5.32 Å². The fourth-order valence-electron chi connectivity index (χ4n) is 3.27. The van der Waals surface area contributed by atoms with Crippen LogP contribution in [0.1, 0.15) is 5.56 Å². The zero-order valence-corrected chi connectivity index (χ0v) is 18.9. The number of fused-ring (bicyclic) bond motifs is 1. The summed E-state index contributed by atoms with van der Waals surface area (Å²) in [7, 11) is 0. The van der Waals surface area contributed by atoms with Crippen LogP contribution in [0.25, 0.3) is 27.3 Å². The molecule has 0 aliphatic rings. The van der Waals surface area contributed by atoms with Gasteiger partial charge in [0, 0.05) is 11.3 Å². The molecule has 3 aromatic carbocycles. The van der Waals surface area contributed by atoms with Gasteiger partial charge in [0.25, 0.3) is 0 Å². The molecule has 0 unspecified atom stereocenters. The molecule has 2 aromatic heterocycles. The van der Waals surface area contributed by atoms with Gasteiger partial charge >= 0.3 is 0 Å². The van der Waals surface area contributed by atoms with E-state index in [9.17, 15) is 4.79 Å². The molecule has 8 heteroatoms. The molecule has 158 valence electrons. The second kappa shape index (κ2) is 8.94. The molecule has 0 spiro atoms. The molecule has 5 rings (SSSR count). The molecule has 0 aliphatic carbocycles. The Morgan fingerprint density at radius 3 is 2.50 bits per heavy atom. The Bertz CT molecular complexity index is 1340. The quantitative estimate of drug-likeness (QED) is 0.337. The van der Waals surface area contributed by atoms with Crippen molar-refractivity contribution in [3.8, 4) is 17.1 Å².